The number of allylic oxidation sites excluding steroid dienone is 2. The molecule has 1 aliphatic heterocycles. The molecule has 2 aromatic carbocycles. The first-order chi connectivity index (χ1) is 16.4. The van der Waals surface area contributed by atoms with E-state index in [4.69, 9.17) is 30.8 Å². The highest BCUT2D eigenvalue weighted by molar-refractivity contribution is 6.31. The molecule has 2 aliphatic rings. The van der Waals surface area contributed by atoms with Gasteiger partial charge in [0.2, 0.25) is 0 Å². The van der Waals surface area contributed by atoms with E-state index >= 15 is 0 Å². The fourth-order valence-electron chi connectivity index (χ4n) is 5.00. The summed E-state index contributed by atoms with van der Waals surface area (Å²) in [7, 11) is 3.18. The van der Waals surface area contributed by atoms with E-state index in [-0.39, 0.29) is 18.3 Å². The molecule has 0 spiro atoms. The van der Waals surface area contributed by atoms with Crippen molar-refractivity contribution in [3.05, 3.63) is 69.9 Å². The zero-order chi connectivity index (χ0) is 24.4. The molecular formula is C27H28ClNO5. The molecule has 0 saturated carbocycles. The number of methoxy groups -OCH3 is 2. The van der Waals surface area contributed by atoms with E-state index in [0.717, 1.165) is 11.1 Å². The second kappa shape index (κ2) is 10.0. The summed E-state index contributed by atoms with van der Waals surface area (Å²) in [6.07, 6.45) is 0.879. The van der Waals surface area contributed by atoms with Crippen molar-refractivity contribution in [2.24, 2.45) is 10.9 Å². The van der Waals surface area contributed by atoms with Crippen LogP contribution in [0.1, 0.15) is 49.7 Å². The van der Waals surface area contributed by atoms with Crippen LogP contribution in [0.15, 0.2) is 58.7 Å². The molecule has 2 aromatic rings. The van der Waals surface area contributed by atoms with Crippen molar-refractivity contribution in [1.29, 1.82) is 0 Å². The molecule has 1 heterocycles. The quantitative estimate of drug-likeness (QED) is 0.509. The number of nitrogens with zero attached hydrogens (tertiary/aromatic N) is 1. The van der Waals surface area contributed by atoms with Crippen LogP contribution in [0.4, 0.5) is 0 Å². The minimum Gasteiger partial charge on any atom is -0.493 e. The Bertz CT molecular complexity index is 1190. The molecule has 0 N–H and O–H groups in total. The largest absolute Gasteiger partial charge is 0.493 e. The van der Waals surface area contributed by atoms with Crippen molar-refractivity contribution in [2.75, 3.05) is 20.8 Å². The van der Waals surface area contributed by atoms with Gasteiger partial charge in [0.25, 0.3) is 0 Å². The fourth-order valence-corrected chi connectivity index (χ4v) is 5.26. The van der Waals surface area contributed by atoms with E-state index in [1.165, 1.54) is 0 Å². The first-order valence-electron chi connectivity index (χ1n) is 11.3. The van der Waals surface area contributed by atoms with Gasteiger partial charge in [-0.3, -0.25) is 14.6 Å². The number of hydrogen-bond acceptors (Lipinski definition) is 6. The Hall–Kier alpha value is -3.12. The van der Waals surface area contributed by atoms with Crippen molar-refractivity contribution in [1.82, 2.24) is 0 Å². The van der Waals surface area contributed by atoms with Crippen LogP contribution in [0.2, 0.25) is 5.02 Å². The molecule has 178 valence electrons. The summed E-state index contributed by atoms with van der Waals surface area (Å²) in [4.78, 5) is 31.4. The van der Waals surface area contributed by atoms with E-state index in [9.17, 15) is 9.59 Å². The summed E-state index contributed by atoms with van der Waals surface area (Å²) in [6.45, 7) is 3.83. The molecule has 7 heteroatoms. The standard InChI is InChI=1S/C27H28ClNO5/c1-5-34-27(31)24-15(2)29-20-12-17(16-10-11-22(32-3)23(14-16)33-4)13-21(30)26(20)25(24)18-8-6-7-9-19(18)28/h6-11,14,17,24-25H,5,12-13H2,1-4H3/t17-,24?,25-/m0/s1. The van der Waals surface area contributed by atoms with Gasteiger partial charge in [0.1, 0.15) is 5.92 Å². The number of aliphatic imine (C=N–C) groups is 1. The lowest BCUT2D eigenvalue weighted by Crippen LogP contribution is -2.38. The topological polar surface area (TPSA) is 74.2 Å². The summed E-state index contributed by atoms with van der Waals surface area (Å²) in [6, 6.07) is 13.1. The minimum atomic E-state index is -0.694. The Morgan fingerprint density at radius 1 is 1.09 bits per heavy atom. The number of Topliss-reactive ketones (excluding diaryl/α,β-unsaturated/α-hetero) is 1. The summed E-state index contributed by atoms with van der Waals surface area (Å²) >= 11 is 6.57. The van der Waals surface area contributed by atoms with Gasteiger partial charge in [-0.15, -0.1) is 0 Å². The van der Waals surface area contributed by atoms with Gasteiger partial charge in [-0.25, -0.2) is 0 Å². The number of rotatable bonds is 6. The Morgan fingerprint density at radius 3 is 2.50 bits per heavy atom. The zero-order valence-electron chi connectivity index (χ0n) is 19.8. The van der Waals surface area contributed by atoms with Crippen molar-refractivity contribution >= 4 is 29.1 Å². The second-order valence-electron chi connectivity index (χ2n) is 8.49. The molecule has 6 nitrogen and oxygen atoms in total. The highest BCUT2D eigenvalue weighted by atomic mass is 35.5. The van der Waals surface area contributed by atoms with Crippen LogP contribution in [-0.4, -0.2) is 38.3 Å². The van der Waals surface area contributed by atoms with E-state index in [1.807, 2.05) is 43.3 Å². The number of esters is 1. The summed E-state index contributed by atoms with van der Waals surface area (Å²) in [5.74, 6) is -0.456. The number of carbonyl (C=O) groups is 2. The van der Waals surface area contributed by atoms with Gasteiger partial charge in [-0.05, 0) is 55.5 Å². The third-order valence-electron chi connectivity index (χ3n) is 6.55. The molecule has 4 rings (SSSR count). The Kier molecular flexibility index (Phi) is 7.08. The van der Waals surface area contributed by atoms with E-state index in [2.05, 4.69) is 0 Å². The van der Waals surface area contributed by atoms with Crippen LogP contribution in [0, 0.1) is 5.92 Å². The van der Waals surface area contributed by atoms with Gasteiger partial charge in [-0.1, -0.05) is 35.9 Å². The van der Waals surface area contributed by atoms with Crippen LogP contribution in [0.25, 0.3) is 0 Å². The molecule has 3 atom stereocenters. The number of halogens is 1. The molecule has 0 bridgehead atoms. The number of ether oxygens (including phenoxy) is 3. The molecule has 1 aliphatic carbocycles. The number of hydrogen-bond donors (Lipinski definition) is 0. The van der Waals surface area contributed by atoms with Crippen molar-refractivity contribution in [3.63, 3.8) is 0 Å². The summed E-state index contributed by atoms with van der Waals surface area (Å²) in [5, 5.41) is 0.512. The van der Waals surface area contributed by atoms with E-state index in [0.29, 0.717) is 46.3 Å². The Balaban J connectivity index is 1.79. The van der Waals surface area contributed by atoms with Crippen LogP contribution < -0.4 is 9.47 Å². The van der Waals surface area contributed by atoms with Gasteiger partial charge < -0.3 is 14.2 Å². The van der Waals surface area contributed by atoms with Crippen LogP contribution in [0.3, 0.4) is 0 Å². The Morgan fingerprint density at radius 2 is 1.82 bits per heavy atom. The maximum absolute atomic E-state index is 13.6. The van der Waals surface area contributed by atoms with Gasteiger partial charge in [0.05, 0.1) is 20.8 Å². The van der Waals surface area contributed by atoms with Crippen LogP contribution >= 0.6 is 11.6 Å². The predicted molar refractivity (Wildman–Crippen MR) is 131 cm³/mol. The van der Waals surface area contributed by atoms with Crippen molar-refractivity contribution in [2.45, 2.75) is 38.5 Å². The molecule has 0 amide bonds. The maximum Gasteiger partial charge on any atom is 0.315 e. The average molecular weight is 482 g/mol. The number of benzene rings is 2. The molecule has 0 saturated heterocycles. The third-order valence-corrected chi connectivity index (χ3v) is 6.89. The smallest absolute Gasteiger partial charge is 0.315 e. The molecule has 0 aromatic heterocycles. The molecule has 1 unspecified atom stereocenters. The monoisotopic (exact) mass is 481 g/mol. The highest BCUT2D eigenvalue weighted by Gasteiger charge is 2.45. The number of carbonyl (C=O) groups excluding carboxylic acids is 2. The van der Waals surface area contributed by atoms with Gasteiger partial charge >= 0.3 is 5.97 Å². The van der Waals surface area contributed by atoms with Crippen LogP contribution in [0.5, 0.6) is 11.5 Å². The molecule has 34 heavy (non-hydrogen) atoms. The second-order valence-corrected chi connectivity index (χ2v) is 8.89. The van der Waals surface area contributed by atoms with Crippen molar-refractivity contribution < 1.29 is 23.8 Å². The number of ketones is 1. The predicted octanol–water partition coefficient (Wildman–Crippen LogP) is 5.50. The van der Waals surface area contributed by atoms with E-state index < -0.39 is 17.8 Å². The molecule has 0 fully saturated rings. The lowest BCUT2D eigenvalue weighted by atomic mass is 9.69. The van der Waals surface area contributed by atoms with Gasteiger partial charge in [0, 0.05) is 34.3 Å². The third kappa shape index (κ3) is 4.34. The summed E-state index contributed by atoms with van der Waals surface area (Å²) in [5.41, 5.74) is 3.62. The maximum atomic E-state index is 13.6. The van der Waals surface area contributed by atoms with Crippen LogP contribution in [-0.2, 0) is 14.3 Å². The first kappa shape index (κ1) is 24.0. The minimum absolute atomic E-state index is 0.0310. The van der Waals surface area contributed by atoms with E-state index in [1.54, 1.807) is 27.2 Å². The molecular weight excluding hydrogens is 454 g/mol. The SMILES string of the molecule is CCOC(=O)C1C(C)=NC2=C(C(=O)C[C@@H](c3ccc(OC)c(OC)c3)C2)[C@H]1c1ccccc1Cl. The lowest BCUT2D eigenvalue weighted by Gasteiger charge is -2.36. The Labute approximate surface area is 204 Å². The average Bonchev–Trinajstić information content (AvgIpc) is 2.83. The van der Waals surface area contributed by atoms with Crippen molar-refractivity contribution in [3.8, 4) is 11.5 Å². The molecule has 0 radical (unpaired) electrons. The normalized spacial score (nSPS) is 22.1. The fraction of sp³-hybridized carbons (Fsp3) is 0.370. The first-order valence-corrected chi connectivity index (χ1v) is 11.7. The highest BCUT2D eigenvalue weighted by Crippen LogP contribution is 2.48. The lowest BCUT2D eigenvalue weighted by molar-refractivity contribution is -0.146. The summed E-state index contributed by atoms with van der Waals surface area (Å²) < 4.78 is 16.2. The zero-order valence-corrected chi connectivity index (χ0v) is 20.5. The van der Waals surface area contributed by atoms with Gasteiger partial charge in [-0.2, -0.15) is 0 Å². The van der Waals surface area contributed by atoms with Gasteiger partial charge in [0.15, 0.2) is 17.3 Å².